The van der Waals surface area contributed by atoms with Crippen molar-refractivity contribution in [3.63, 3.8) is 0 Å². The second-order valence-corrected chi connectivity index (χ2v) is 6.52. The molecule has 2 aromatic rings. The highest BCUT2D eigenvalue weighted by atomic mass is 35.5. The molecule has 0 aliphatic heterocycles. The topological polar surface area (TPSA) is 101 Å². The predicted molar refractivity (Wildman–Crippen MR) is 96.6 cm³/mol. The third kappa shape index (κ3) is 5.02. The van der Waals surface area contributed by atoms with Gasteiger partial charge in [-0.05, 0) is 38.8 Å². The number of nitrogens with two attached hydrogens (primary N) is 1. The second kappa shape index (κ2) is 9.00. The van der Waals surface area contributed by atoms with Gasteiger partial charge in [0.2, 0.25) is 5.91 Å². The molecule has 23 heavy (non-hydrogen) atoms. The minimum Gasteiger partial charge on any atom is -0.356 e. The smallest absolute Gasteiger partial charge is 0.259 e. The highest BCUT2D eigenvalue weighted by molar-refractivity contribution is 7.18. The molecule has 0 aliphatic rings. The minimum absolute atomic E-state index is 0. The number of hydrogen-bond acceptors (Lipinski definition) is 5. The molecule has 0 bridgehead atoms. The summed E-state index contributed by atoms with van der Waals surface area (Å²) in [6.45, 7) is 5.19. The molecule has 0 spiro atoms. The van der Waals surface area contributed by atoms with Gasteiger partial charge in [0.15, 0.2) is 0 Å². The first-order valence-electron chi connectivity index (χ1n) is 7.48. The van der Waals surface area contributed by atoms with E-state index >= 15 is 0 Å². The molecule has 0 fully saturated rings. The summed E-state index contributed by atoms with van der Waals surface area (Å²) in [5, 5.41) is 3.51. The lowest BCUT2D eigenvalue weighted by molar-refractivity contribution is -0.121. The van der Waals surface area contributed by atoms with Gasteiger partial charge in [-0.2, -0.15) is 0 Å². The van der Waals surface area contributed by atoms with E-state index in [1.165, 1.54) is 11.3 Å². The first kappa shape index (κ1) is 19.6. The minimum atomic E-state index is -0.120. The van der Waals surface area contributed by atoms with Crippen molar-refractivity contribution in [2.24, 2.45) is 5.73 Å². The Morgan fingerprint density at radius 1 is 1.35 bits per heavy atom. The first-order chi connectivity index (χ1) is 10.5. The van der Waals surface area contributed by atoms with Crippen molar-refractivity contribution < 1.29 is 4.79 Å². The van der Waals surface area contributed by atoms with Gasteiger partial charge in [0.1, 0.15) is 10.7 Å². The van der Waals surface area contributed by atoms with Crippen molar-refractivity contribution in [2.45, 2.75) is 39.5 Å². The molecule has 0 unspecified atom stereocenters. The number of hydrogen-bond donors (Lipinski definition) is 3. The molecular formula is C15H23ClN4O2S. The highest BCUT2D eigenvalue weighted by Crippen LogP contribution is 2.25. The van der Waals surface area contributed by atoms with E-state index in [1.54, 1.807) is 0 Å². The molecule has 2 aromatic heterocycles. The Labute approximate surface area is 145 Å². The van der Waals surface area contributed by atoms with Gasteiger partial charge >= 0.3 is 0 Å². The molecule has 6 nitrogen and oxygen atoms in total. The van der Waals surface area contributed by atoms with Gasteiger partial charge in [-0.1, -0.05) is 0 Å². The predicted octanol–water partition coefficient (Wildman–Crippen LogP) is 1.81. The summed E-state index contributed by atoms with van der Waals surface area (Å²) in [7, 11) is 0. The molecule has 0 radical (unpaired) electrons. The Kier molecular flexibility index (Phi) is 7.67. The third-order valence-electron chi connectivity index (χ3n) is 3.63. The number of aromatic amines is 1. The van der Waals surface area contributed by atoms with Crippen LogP contribution in [-0.4, -0.2) is 29.0 Å². The molecule has 4 N–H and O–H groups in total. The SMILES string of the molecule is Cc1sc2nc(CCC(=O)NCCCCN)[nH]c(=O)c2c1C.Cl. The zero-order valence-electron chi connectivity index (χ0n) is 13.4. The van der Waals surface area contributed by atoms with E-state index in [0.717, 1.165) is 28.1 Å². The number of fused-ring (bicyclic) bond motifs is 1. The molecule has 0 aliphatic carbocycles. The van der Waals surface area contributed by atoms with Gasteiger partial charge in [-0.15, -0.1) is 23.7 Å². The van der Waals surface area contributed by atoms with Crippen LogP contribution in [-0.2, 0) is 11.2 Å². The highest BCUT2D eigenvalue weighted by Gasteiger charge is 2.12. The Morgan fingerprint density at radius 2 is 2.09 bits per heavy atom. The lowest BCUT2D eigenvalue weighted by atomic mass is 10.2. The molecular weight excluding hydrogens is 336 g/mol. The van der Waals surface area contributed by atoms with Gasteiger partial charge in [0.05, 0.1) is 5.39 Å². The maximum atomic E-state index is 12.1. The molecule has 8 heteroatoms. The van der Waals surface area contributed by atoms with E-state index in [4.69, 9.17) is 5.73 Å². The molecule has 0 atom stereocenters. The van der Waals surface area contributed by atoms with Crippen LogP contribution in [0.15, 0.2) is 4.79 Å². The van der Waals surface area contributed by atoms with Crippen molar-refractivity contribution in [1.82, 2.24) is 15.3 Å². The number of rotatable bonds is 7. The zero-order chi connectivity index (χ0) is 16.1. The Balaban J connectivity index is 0.00000264. The van der Waals surface area contributed by atoms with Gasteiger partial charge in [0, 0.05) is 24.3 Å². The van der Waals surface area contributed by atoms with Crippen LogP contribution in [0.5, 0.6) is 0 Å². The van der Waals surface area contributed by atoms with Crippen LogP contribution in [0.2, 0.25) is 0 Å². The fourth-order valence-corrected chi connectivity index (χ4v) is 3.28. The molecule has 0 saturated heterocycles. The van der Waals surface area contributed by atoms with Crippen molar-refractivity contribution in [2.75, 3.05) is 13.1 Å². The van der Waals surface area contributed by atoms with Crippen molar-refractivity contribution in [3.8, 4) is 0 Å². The maximum absolute atomic E-state index is 12.1. The van der Waals surface area contributed by atoms with Crippen LogP contribution in [0.25, 0.3) is 10.2 Å². The summed E-state index contributed by atoms with van der Waals surface area (Å²) in [4.78, 5) is 32.9. The van der Waals surface area contributed by atoms with Crippen LogP contribution in [0.1, 0.15) is 35.5 Å². The maximum Gasteiger partial charge on any atom is 0.259 e. The van der Waals surface area contributed by atoms with Gasteiger partial charge in [0.25, 0.3) is 5.56 Å². The van der Waals surface area contributed by atoms with Crippen LogP contribution in [0.3, 0.4) is 0 Å². The van der Waals surface area contributed by atoms with E-state index in [1.807, 2.05) is 13.8 Å². The Morgan fingerprint density at radius 3 is 2.78 bits per heavy atom. The van der Waals surface area contributed by atoms with Gasteiger partial charge in [-0.3, -0.25) is 9.59 Å². The zero-order valence-corrected chi connectivity index (χ0v) is 15.0. The second-order valence-electron chi connectivity index (χ2n) is 5.32. The van der Waals surface area contributed by atoms with Crippen LogP contribution in [0, 0.1) is 13.8 Å². The molecule has 0 saturated carbocycles. The number of unbranched alkanes of at least 4 members (excludes halogenated alkanes) is 1. The Hall–Kier alpha value is -1.44. The Bertz CT molecular complexity index is 726. The van der Waals surface area contributed by atoms with E-state index in [9.17, 15) is 9.59 Å². The number of thiophene rings is 1. The average molecular weight is 359 g/mol. The van der Waals surface area contributed by atoms with Crippen LogP contribution < -0.4 is 16.6 Å². The van der Waals surface area contributed by atoms with E-state index in [2.05, 4.69) is 15.3 Å². The fraction of sp³-hybridized carbons (Fsp3) is 0.533. The summed E-state index contributed by atoms with van der Waals surface area (Å²) in [5.74, 6) is 0.536. The van der Waals surface area contributed by atoms with Gasteiger partial charge < -0.3 is 16.0 Å². The standard InChI is InChI=1S/C15H22N4O2S.ClH/c1-9-10(2)22-15-13(9)14(21)18-11(19-15)5-6-12(20)17-8-4-3-7-16;/h3-8,16H2,1-2H3,(H,17,20)(H,18,19,21);1H. The number of nitrogens with zero attached hydrogens (tertiary/aromatic N) is 1. The van der Waals surface area contributed by atoms with Crippen molar-refractivity contribution in [1.29, 1.82) is 0 Å². The average Bonchev–Trinajstić information content (AvgIpc) is 2.77. The number of aryl methyl sites for hydroxylation is 3. The summed E-state index contributed by atoms with van der Waals surface area (Å²) in [6.07, 6.45) is 2.55. The molecule has 128 valence electrons. The lowest BCUT2D eigenvalue weighted by Gasteiger charge is -2.04. The third-order valence-corrected chi connectivity index (χ3v) is 4.73. The quantitative estimate of drug-likeness (QED) is 0.657. The molecule has 0 aromatic carbocycles. The summed E-state index contributed by atoms with van der Waals surface area (Å²) in [5.41, 5.74) is 6.26. The largest absolute Gasteiger partial charge is 0.356 e. The number of nitrogens with one attached hydrogen (secondary N) is 2. The van der Waals surface area contributed by atoms with Gasteiger partial charge in [-0.25, -0.2) is 4.98 Å². The van der Waals surface area contributed by atoms with Crippen LogP contribution in [0.4, 0.5) is 0 Å². The van der Waals surface area contributed by atoms with E-state index in [0.29, 0.717) is 37.1 Å². The number of H-pyrrole nitrogens is 1. The van der Waals surface area contributed by atoms with Crippen molar-refractivity contribution in [3.05, 3.63) is 26.6 Å². The molecule has 2 rings (SSSR count). The molecule has 2 heterocycles. The van der Waals surface area contributed by atoms with Crippen LogP contribution >= 0.6 is 23.7 Å². The number of amides is 1. The summed E-state index contributed by atoms with van der Waals surface area (Å²) < 4.78 is 0. The number of carbonyl (C=O) groups excluding carboxylic acids is 1. The van der Waals surface area contributed by atoms with Crippen molar-refractivity contribution >= 4 is 39.9 Å². The number of halogens is 1. The molecule has 1 amide bonds. The van der Waals surface area contributed by atoms with E-state index in [-0.39, 0.29) is 23.9 Å². The summed E-state index contributed by atoms with van der Waals surface area (Å²) >= 11 is 1.52. The monoisotopic (exact) mass is 358 g/mol. The normalized spacial score (nSPS) is 10.6. The lowest BCUT2D eigenvalue weighted by Crippen LogP contribution is -2.25. The first-order valence-corrected chi connectivity index (χ1v) is 8.30. The fourth-order valence-electron chi connectivity index (χ4n) is 2.24. The number of aromatic nitrogens is 2. The number of carbonyl (C=O) groups is 1. The van der Waals surface area contributed by atoms with E-state index < -0.39 is 0 Å². The summed E-state index contributed by atoms with van der Waals surface area (Å²) in [6, 6.07) is 0.